The van der Waals surface area contributed by atoms with Crippen molar-refractivity contribution in [1.82, 2.24) is 4.98 Å². The number of anilines is 1. The van der Waals surface area contributed by atoms with E-state index in [9.17, 15) is 14.9 Å². The lowest BCUT2D eigenvalue weighted by Crippen LogP contribution is -2.19. The Kier molecular flexibility index (Phi) is 6.00. The van der Waals surface area contributed by atoms with Crippen LogP contribution in [0.25, 0.3) is 22.2 Å². The lowest BCUT2D eigenvalue weighted by molar-refractivity contribution is -0.481. The molecule has 31 heavy (non-hydrogen) atoms. The van der Waals surface area contributed by atoms with Gasteiger partial charge in [-0.25, -0.2) is 0 Å². The first-order valence-corrected chi connectivity index (χ1v) is 10.3. The first-order chi connectivity index (χ1) is 15.1. The highest BCUT2D eigenvalue weighted by Crippen LogP contribution is 2.41. The number of alkyl halides is 1. The Morgan fingerprint density at radius 3 is 2.42 bits per heavy atom. The van der Waals surface area contributed by atoms with Gasteiger partial charge >= 0.3 is 0 Å². The fourth-order valence-corrected chi connectivity index (χ4v) is 4.02. The van der Waals surface area contributed by atoms with Gasteiger partial charge in [0.2, 0.25) is 12.5 Å². The van der Waals surface area contributed by atoms with Crippen molar-refractivity contribution in [3.8, 4) is 11.3 Å². The molecule has 1 aromatic heterocycles. The number of amides is 1. The second-order valence-electron chi connectivity index (χ2n) is 7.16. The van der Waals surface area contributed by atoms with Crippen molar-refractivity contribution >= 4 is 34.1 Å². The number of rotatable bonds is 7. The third-order valence-corrected chi connectivity index (χ3v) is 5.46. The topological polar surface area (TPSA) is 88.0 Å². The Balaban J connectivity index is 1.97. The Bertz CT molecular complexity index is 1240. The summed E-state index contributed by atoms with van der Waals surface area (Å²) in [6, 6.07) is 24.6. The van der Waals surface area contributed by atoms with Crippen LogP contribution >= 0.6 is 11.6 Å². The van der Waals surface area contributed by atoms with Crippen LogP contribution in [0.2, 0.25) is 0 Å². The fraction of sp³-hybridized carbons (Fsp3) is 0.125. The molecule has 1 unspecified atom stereocenters. The molecular weight excluding hydrogens is 414 g/mol. The van der Waals surface area contributed by atoms with Gasteiger partial charge in [0, 0.05) is 21.5 Å². The Morgan fingerprint density at radius 2 is 1.68 bits per heavy atom. The number of carbonyl (C=O) groups excluding carboxylic acids is 1. The molecule has 0 radical (unpaired) electrons. The van der Waals surface area contributed by atoms with Crippen molar-refractivity contribution in [2.24, 2.45) is 0 Å². The highest BCUT2D eigenvalue weighted by molar-refractivity contribution is 6.29. The number of aromatic nitrogens is 1. The van der Waals surface area contributed by atoms with Crippen molar-refractivity contribution in [2.75, 3.05) is 17.7 Å². The van der Waals surface area contributed by atoms with Gasteiger partial charge in [-0.05, 0) is 28.8 Å². The molecular formula is C24H20ClN3O3. The van der Waals surface area contributed by atoms with Gasteiger partial charge < -0.3 is 10.3 Å². The largest absolute Gasteiger partial charge is 0.354 e. The quantitative estimate of drug-likeness (QED) is 0.231. The number of halogens is 1. The van der Waals surface area contributed by atoms with Crippen LogP contribution in [0.15, 0.2) is 78.9 Å². The molecule has 0 aliphatic heterocycles. The summed E-state index contributed by atoms with van der Waals surface area (Å²) in [7, 11) is 0. The van der Waals surface area contributed by atoms with Gasteiger partial charge in [-0.1, -0.05) is 66.7 Å². The second-order valence-corrected chi connectivity index (χ2v) is 7.43. The first-order valence-electron chi connectivity index (χ1n) is 9.81. The molecule has 1 amide bonds. The van der Waals surface area contributed by atoms with Crippen LogP contribution in [0.1, 0.15) is 17.0 Å². The number of hydrogen-bond acceptors (Lipinski definition) is 3. The van der Waals surface area contributed by atoms with E-state index >= 15 is 0 Å². The van der Waals surface area contributed by atoms with E-state index in [1.165, 1.54) is 0 Å². The molecule has 4 aromatic rings. The third-order valence-electron chi connectivity index (χ3n) is 5.22. The third kappa shape index (κ3) is 4.29. The average Bonchev–Trinajstić information content (AvgIpc) is 3.18. The van der Waals surface area contributed by atoms with Crippen LogP contribution in [-0.2, 0) is 4.79 Å². The zero-order valence-electron chi connectivity index (χ0n) is 16.5. The fourth-order valence-electron chi connectivity index (χ4n) is 3.95. The molecule has 0 spiro atoms. The lowest BCUT2D eigenvalue weighted by Gasteiger charge is -2.19. The van der Waals surface area contributed by atoms with Gasteiger partial charge in [-0.3, -0.25) is 14.9 Å². The van der Waals surface area contributed by atoms with Crippen LogP contribution in [0, 0.1) is 10.1 Å². The maximum atomic E-state index is 12.0. The lowest BCUT2D eigenvalue weighted by atomic mass is 9.86. The molecule has 1 atom stereocenters. The maximum Gasteiger partial charge on any atom is 0.239 e. The number of H-pyrrole nitrogens is 1. The van der Waals surface area contributed by atoms with E-state index in [2.05, 4.69) is 10.3 Å². The summed E-state index contributed by atoms with van der Waals surface area (Å²) in [6.07, 6.45) is 0. The number of aromatic amines is 1. The molecule has 2 N–H and O–H groups in total. The molecule has 0 saturated heterocycles. The minimum absolute atomic E-state index is 0.198. The number of nitro groups is 1. The van der Waals surface area contributed by atoms with Crippen LogP contribution in [-0.4, -0.2) is 28.2 Å². The van der Waals surface area contributed by atoms with Crippen LogP contribution in [0.3, 0.4) is 0 Å². The predicted molar refractivity (Wildman–Crippen MR) is 123 cm³/mol. The van der Waals surface area contributed by atoms with Crippen LogP contribution in [0.4, 0.5) is 5.69 Å². The smallest absolute Gasteiger partial charge is 0.239 e. The Morgan fingerprint density at radius 1 is 1.00 bits per heavy atom. The molecule has 0 fully saturated rings. The normalized spacial score (nSPS) is 11.9. The summed E-state index contributed by atoms with van der Waals surface area (Å²) in [5.41, 5.74) is 4.67. The molecule has 0 aliphatic carbocycles. The molecule has 1 heterocycles. The van der Waals surface area contributed by atoms with Crippen LogP contribution in [0.5, 0.6) is 0 Å². The molecule has 0 saturated carbocycles. The van der Waals surface area contributed by atoms with E-state index in [0.717, 1.165) is 27.7 Å². The van der Waals surface area contributed by atoms with Crippen molar-refractivity contribution < 1.29 is 9.72 Å². The Hall–Kier alpha value is -3.64. The van der Waals surface area contributed by atoms with Gasteiger partial charge in [0.15, 0.2) is 0 Å². The van der Waals surface area contributed by atoms with E-state index < -0.39 is 5.92 Å². The van der Waals surface area contributed by atoms with Crippen molar-refractivity contribution in [3.05, 3.63) is 100 Å². The number of benzene rings is 3. The highest BCUT2D eigenvalue weighted by atomic mass is 35.5. The van der Waals surface area contributed by atoms with Gasteiger partial charge in [0.25, 0.3) is 0 Å². The predicted octanol–water partition coefficient (Wildman–Crippen LogP) is 5.42. The molecule has 4 rings (SSSR count). The minimum Gasteiger partial charge on any atom is -0.354 e. The zero-order valence-corrected chi connectivity index (χ0v) is 17.3. The molecule has 3 aromatic carbocycles. The number of nitrogens with zero attached hydrogens (tertiary/aromatic N) is 1. The Labute approximate surface area is 184 Å². The SMILES string of the molecule is O=C(CCl)Nc1ccccc1C(C[N+](=O)[O-])c1c(-c2ccccc2)[nH]c2ccccc12. The summed E-state index contributed by atoms with van der Waals surface area (Å²) in [5, 5.41) is 15.4. The second kappa shape index (κ2) is 9.02. The number of para-hydroxylation sites is 2. The molecule has 0 aliphatic rings. The average molecular weight is 434 g/mol. The van der Waals surface area contributed by atoms with E-state index in [4.69, 9.17) is 11.6 Å². The first kappa shape index (κ1) is 20.6. The monoisotopic (exact) mass is 433 g/mol. The van der Waals surface area contributed by atoms with Crippen LogP contribution < -0.4 is 5.32 Å². The molecule has 156 valence electrons. The van der Waals surface area contributed by atoms with Crippen molar-refractivity contribution in [1.29, 1.82) is 0 Å². The molecule has 6 nitrogen and oxygen atoms in total. The standard InChI is InChI=1S/C24H20ClN3O3/c25-14-22(29)26-20-12-6-4-10-17(20)19(15-28(30)31)23-18-11-5-7-13-21(18)27-24(23)16-8-2-1-3-9-16/h1-13,19,27H,14-15H2,(H,26,29). The summed E-state index contributed by atoms with van der Waals surface area (Å²) < 4.78 is 0. The van der Waals surface area contributed by atoms with Gasteiger partial charge in [0.1, 0.15) is 5.88 Å². The maximum absolute atomic E-state index is 12.0. The number of hydrogen-bond donors (Lipinski definition) is 2. The zero-order chi connectivity index (χ0) is 21.8. The number of fused-ring (bicyclic) bond motifs is 1. The summed E-state index contributed by atoms with van der Waals surface area (Å²) in [4.78, 5) is 26.8. The molecule has 7 heteroatoms. The van der Waals surface area contributed by atoms with Gasteiger partial charge in [-0.2, -0.15) is 0 Å². The van der Waals surface area contributed by atoms with E-state index in [1.54, 1.807) is 12.1 Å². The highest BCUT2D eigenvalue weighted by Gasteiger charge is 2.29. The number of nitrogens with one attached hydrogen (secondary N) is 2. The number of carbonyl (C=O) groups is 1. The van der Waals surface area contributed by atoms with Gasteiger partial charge in [0.05, 0.1) is 11.6 Å². The summed E-state index contributed by atoms with van der Waals surface area (Å²) in [6.45, 7) is -0.324. The van der Waals surface area contributed by atoms with E-state index in [-0.39, 0.29) is 23.3 Å². The van der Waals surface area contributed by atoms with E-state index in [0.29, 0.717) is 11.3 Å². The summed E-state index contributed by atoms with van der Waals surface area (Å²) >= 11 is 5.68. The summed E-state index contributed by atoms with van der Waals surface area (Å²) in [5.74, 6) is -1.15. The van der Waals surface area contributed by atoms with Crippen molar-refractivity contribution in [2.45, 2.75) is 5.92 Å². The van der Waals surface area contributed by atoms with Crippen molar-refractivity contribution in [3.63, 3.8) is 0 Å². The molecule has 0 bridgehead atoms. The minimum atomic E-state index is -0.590. The van der Waals surface area contributed by atoms with Gasteiger partial charge in [-0.15, -0.1) is 11.6 Å². The van der Waals surface area contributed by atoms with E-state index in [1.807, 2.05) is 66.7 Å².